The van der Waals surface area contributed by atoms with Crippen LogP contribution in [0.4, 0.5) is 5.69 Å². The van der Waals surface area contributed by atoms with Crippen LogP contribution < -0.4 is 10.2 Å². The molecule has 1 aliphatic rings. The molecular weight excluding hydrogens is 370 g/mol. The number of nitrogens with one attached hydrogen (secondary N) is 1. The number of hydrogen-bond donors (Lipinski definition) is 1. The van der Waals surface area contributed by atoms with E-state index in [-0.39, 0.29) is 9.92 Å². The third-order valence-electron chi connectivity index (χ3n) is 4.82. The van der Waals surface area contributed by atoms with Crippen molar-refractivity contribution in [3.05, 3.63) is 53.7 Å². The van der Waals surface area contributed by atoms with Crippen molar-refractivity contribution in [2.45, 2.75) is 9.79 Å². The molecule has 5 nitrogen and oxygen atoms in total. The molecule has 1 aliphatic heterocycles. The van der Waals surface area contributed by atoms with Crippen molar-refractivity contribution in [2.75, 3.05) is 31.1 Å². The normalized spacial score (nSPS) is 15.5. The van der Waals surface area contributed by atoms with E-state index in [1.807, 2.05) is 23.7 Å². The lowest BCUT2D eigenvalue weighted by Crippen LogP contribution is -2.43. The van der Waals surface area contributed by atoms with Gasteiger partial charge < -0.3 is 14.8 Å². The second-order valence-electron chi connectivity index (χ2n) is 6.45. The Morgan fingerprint density at radius 3 is 2.46 bits per heavy atom. The molecule has 0 saturated carbocycles. The molecule has 0 atom stereocenters. The quantitative estimate of drug-likeness (QED) is 0.748. The zero-order valence-electron chi connectivity index (χ0n) is 14.4. The Morgan fingerprint density at radius 1 is 1.00 bits per heavy atom. The van der Waals surface area contributed by atoms with Gasteiger partial charge >= 0.3 is 0 Å². The maximum atomic E-state index is 13.2. The third kappa shape index (κ3) is 2.78. The van der Waals surface area contributed by atoms with Crippen LogP contribution >= 0.6 is 11.6 Å². The predicted octanol–water partition coefficient (Wildman–Crippen LogP) is 3.07. The smallest absolute Gasteiger partial charge is 0.210 e. The van der Waals surface area contributed by atoms with Gasteiger partial charge in [-0.05, 0) is 18.2 Å². The Labute approximate surface area is 158 Å². The van der Waals surface area contributed by atoms with Crippen LogP contribution in [0.1, 0.15) is 0 Å². The number of para-hydroxylation sites is 1. The van der Waals surface area contributed by atoms with Crippen LogP contribution in [-0.2, 0) is 16.9 Å². The van der Waals surface area contributed by atoms with Gasteiger partial charge in [0.15, 0.2) is 0 Å². The highest BCUT2D eigenvalue weighted by atomic mass is 35.5. The maximum Gasteiger partial charge on any atom is 0.210 e. The molecule has 0 spiro atoms. The van der Waals surface area contributed by atoms with Crippen molar-refractivity contribution in [1.82, 2.24) is 9.88 Å². The SMILES string of the molecule is Cn1cc(S(=O)(=O)c2ccccc2Cl)c2cccc(N3CCNCC3)c21. The minimum atomic E-state index is -3.71. The van der Waals surface area contributed by atoms with E-state index in [9.17, 15) is 8.42 Å². The van der Waals surface area contributed by atoms with E-state index < -0.39 is 9.84 Å². The first-order valence-corrected chi connectivity index (χ1v) is 10.4. The van der Waals surface area contributed by atoms with Gasteiger partial charge in [0, 0.05) is 44.8 Å². The molecule has 2 aromatic carbocycles. The summed E-state index contributed by atoms with van der Waals surface area (Å²) in [4.78, 5) is 2.73. The molecule has 0 radical (unpaired) electrons. The number of aromatic nitrogens is 1. The summed E-state index contributed by atoms with van der Waals surface area (Å²) in [6.45, 7) is 3.64. The third-order valence-corrected chi connectivity index (χ3v) is 7.10. The summed E-state index contributed by atoms with van der Waals surface area (Å²) < 4.78 is 28.4. The van der Waals surface area contributed by atoms with Crippen LogP contribution in [0.3, 0.4) is 0 Å². The molecule has 3 aromatic rings. The fraction of sp³-hybridized carbons (Fsp3) is 0.263. The van der Waals surface area contributed by atoms with Gasteiger partial charge in [-0.15, -0.1) is 0 Å². The Hall–Kier alpha value is -2.02. The van der Waals surface area contributed by atoms with Crippen LogP contribution in [0.2, 0.25) is 5.02 Å². The van der Waals surface area contributed by atoms with E-state index in [4.69, 9.17) is 11.6 Å². The van der Waals surface area contributed by atoms with Crippen molar-refractivity contribution >= 4 is 38.0 Å². The van der Waals surface area contributed by atoms with Crippen LogP contribution in [0.5, 0.6) is 0 Å². The van der Waals surface area contributed by atoms with E-state index in [0.717, 1.165) is 42.8 Å². The molecule has 2 heterocycles. The highest BCUT2D eigenvalue weighted by molar-refractivity contribution is 7.91. The Morgan fingerprint density at radius 2 is 1.73 bits per heavy atom. The van der Waals surface area contributed by atoms with Crippen LogP contribution in [0.15, 0.2) is 58.5 Å². The number of rotatable bonds is 3. The van der Waals surface area contributed by atoms with Gasteiger partial charge in [0.05, 0.1) is 26.0 Å². The minimum absolute atomic E-state index is 0.141. The van der Waals surface area contributed by atoms with Gasteiger partial charge in [-0.3, -0.25) is 0 Å². The number of anilines is 1. The lowest BCUT2D eigenvalue weighted by atomic mass is 10.2. The Balaban J connectivity index is 1.92. The number of sulfone groups is 1. The highest BCUT2D eigenvalue weighted by Gasteiger charge is 2.26. The molecule has 1 N–H and O–H groups in total. The number of benzene rings is 2. The first kappa shape index (κ1) is 17.4. The summed E-state index contributed by atoms with van der Waals surface area (Å²) in [5, 5.41) is 4.31. The molecule has 26 heavy (non-hydrogen) atoms. The van der Waals surface area contributed by atoms with E-state index in [0.29, 0.717) is 4.90 Å². The molecule has 1 saturated heterocycles. The molecule has 0 amide bonds. The van der Waals surface area contributed by atoms with Gasteiger partial charge in [0.25, 0.3) is 0 Å². The first-order valence-electron chi connectivity index (χ1n) is 8.53. The van der Waals surface area contributed by atoms with Crippen molar-refractivity contribution in [1.29, 1.82) is 0 Å². The number of piperazine rings is 1. The molecule has 0 unspecified atom stereocenters. The first-order chi connectivity index (χ1) is 12.5. The second kappa shape index (κ2) is 6.61. The lowest BCUT2D eigenvalue weighted by Gasteiger charge is -2.30. The average molecular weight is 390 g/mol. The van der Waals surface area contributed by atoms with Gasteiger partial charge in [0.2, 0.25) is 9.84 Å². The fourth-order valence-corrected chi connectivity index (χ4v) is 5.58. The van der Waals surface area contributed by atoms with E-state index in [2.05, 4.69) is 16.3 Å². The molecule has 136 valence electrons. The van der Waals surface area contributed by atoms with E-state index >= 15 is 0 Å². The zero-order chi connectivity index (χ0) is 18.3. The molecule has 7 heteroatoms. The Kier molecular flexibility index (Phi) is 4.42. The minimum Gasteiger partial charge on any atom is -0.367 e. The number of halogens is 1. The standard InChI is InChI=1S/C19H20ClN3O2S/c1-22-13-18(26(24,25)17-8-3-2-6-15(17)20)14-5-4-7-16(19(14)22)23-11-9-21-10-12-23/h2-8,13,21H,9-12H2,1H3. The highest BCUT2D eigenvalue weighted by Crippen LogP contribution is 2.36. The maximum absolute atomic E-state index is 13.2. The van der Waals surface area contributed by atoms with Crippen LogP contribution in [0, 0.1) is 0 Å². The van der Waals surface area contributed by atoms with E-state index in [1.54, 1.807) is 30.5 Å². The lowest BCUT2D eigenvalue weighted by molar-refractivity contribution is 0.590. The summed E-state index contributed by atoms with van der Waals surface area (Å²) in [6.07, 6.45) is 1.69. The molecular formula is C19H20ClN3O2S. The molecule has 1 aromatic heterocycles. The summed E-state index contributed by atoms with van der Waals surface area (Å²) >= 11 is 6.17. The summed E-state index contributed by atoms with van der Waals surface area (Å²) in [5.74, 6) is 0. The summed E-state index contributed by atoms with van der Waals surface area (Å²) in [7, 11) is -1.82. The Bertz CT molecular complexity index is 1070. The van der Waals surface area contributed by atoms with Crippen LogP contribution in [-0.4, -0.2) is 39.2 Å². The number of fused-ring (bicyclic) bond motifs is 1. The molecule has 0 aliphatic carbocycles. The predicted molar refractivity (Wildman–Crippen MR) is 105 cm³/mol. The number of aryl methyl sites for hydroxylation is 1. The summed E-state index contributed by atoms with van der Waals surface area (Å²) in [6, 6.07) is 12.4. The zero-order valence-corrected chi connectivity index (χ0v) is 16.0. The van der Waals surface area contributed by atoms with Crippen molar-refractivity contribution in [3.63, 3.8) is 0 Å². The van der Waals surface area contributed by atoms with Gasteiger partial charge in [-0.25, -0.2) is 8.42 Å². The summed E-state index contributed by atoms with van der Waals surface area (Å²) in [5.41, 5.74) is 1.99. The number of nitrogens with zero attached hydrogens (tertiary/aromatic N) is 2. The van der Waals surface area contributed by atoms with Crippen molar-refractivity contribution < 1.29 is 8.42 Å². The van der Waals surface area contributed by atoms with Gasteiger partial charge in [-0.1, -0.05) is 35.9 Å². The average Bonchev–Trinajstić information content (AvgIpc) is 3.00. The van der Waals surface area contributed by atoms with E-state index in [1.165, 1.54) is 0 Å². The monoisotopic (exact) mass is 389 g/mol. The van der Waals surface area contributed by atoms with Gasteiger partial charge in [0.1, 0.15) is 0 Å². The van der Waals surface area contributed by atoms with Crippen LogP contribution in [0.25, 0.3) is 10.9 Å². The molecule has 4 rings (SSSR count). The van der Waals surface area contributed by atoms with Crippen molar-refractivity contribution in [3.8, 4) is 0 Å². The largest absolute Gasteiger partial charge is 0.367 e. The fourth-order valence-electron chi connectivity index (χ4n) is 3.57. The number of hydrogen-bond acceptors (Lipinski definition) is 4. The molecule has 1 fully saturated rings. The molecule has 0 bridgehead atoms. The van der Waals surface area contributed by atoms with Gasteiger partial charge in [-0.2, -0.15) is 0 Å². The second-order valence-corrected chi connectivity index (χ2v) is 8.74. The topological polar surface area (TPSA) is 54.3 Å². The van der Waals surface area contributed by atoms with Crippen molar-refractivity contribution in [2.24, 2.45) is 7.05 Å².